The second-order valence-electron chi connectivity index (χ2n) is 7.41. The second kappa shape index (κ2) is 10.7. The molecule has 0 aromatic heterocycles. The van der Waals surface area contributed by atoms with Crippen molar-refractivity contribution >= 4 is 0 Å². The molecule has 0 amide bonds. The van der Waals surface area contributed by atoms with Gasteiger partial charge in [-0.3, -0.25) is 0 Å². The first kappa shape index (κ1) is 18.1. The molecule has 0 radical (unpaired) electrons. The largest absolute Gasteiger partial charge is 0.0651 e. The Balaban J connectivity index is 0.000000200. The van der Waals surface area contributed by atoms with Gasteiger partial charge in [-0.15, -0.1) is 0 Å². The Morgan fingerprint density at radius 2 is 0.550 bits per heavy atom. The lowest BCUT2D eigenvalue weighted by molar-refractivity contribution is 0.264. The summed E-state index contributed by atoms with van der Waals surface area (Å²) < 4.78 is 0. The third-order valence-electron chi connectivity index (χ3n) is 6.24. The van der Waals surface area contributed by atoms with Gasteiger partial charge < -0.3 is 0 Å². The number of hydrogen-bond acceptors (Lipinski definition) is 0. The molecule has 2 fully saturated rings. The lowest BCUT2D eigenvalue weighted by Crippen LogP contribution is -2.12. The lowest BCUT2D eigenvalue weighted by atomic mass is 9.80. The summed E-state index contributed by atoms with van der Waals surface area (Å²) in [7, 11) is 0. The van der Waals surface area contributed by atoms with Gasteiger partial charge in [-0.1, -0.05) is 105 Å². The number of rotatable bonds is 4. The van der Waals surface area contributed by atoms with E-state index in [0.29, 0.717) is 0 Å². The summed E-state index contributed by atoms with van der Waals surface area (Å²) in [6.07, 6.45) is 17.7. The highest BCUT2D eigenvalue weighted by atomic mass is 14.2. The molecule has 0 aliphatic heterocycles. The molecule has 120 valence electrons. The van der Waals surface area contributed by atoms with Crippen LogP contribution in [0.2, 0.25) is 0 Å². The first-order chi connectivity index (χ1) is 9.73. The summed E-state index contributed by atoms with van der Waals surface area (Å²) in [6, 6.07) is 0. The average molecular weight is 281 g/mol. The van der Waals surface area contributed by atoms with Crippen LogP contribution in [0.15, 0.2) is 0 Å². The molecule has 0 bridgehead atoms. The van der Waals surface area contributed by atoms with Crippen LogP contribution in [0.3, 0.4) is 0 Å². The molecule has 2 aliphatic carbocycles. The predicted molar refractivity (Wildman–Crippen MR) is 92.1 cm³/mol. The molecule has 0 N–H and O–H groups in total. The second-order valence-corrected chi connectivity index (χ2v) is 7.41. The van der Waals surface area contributed by atoms with Crippen molar-refractivity contribution in [1.29, 1.82) is 0 Å². The van der Waals surface area contributed by atoms with Crippen LogP contribution >= 0.6 is 0 Å². The van der Waals surface area contributed by atoms with Crippen molar-refractivity contribution < 1.29 is 0 Å². The van der Waals surface area contributed by atoms with Gasteiger partial charge in [0, 0.05) is 0 Å². The van der Waals surface area contributed by atoms with E-state index in [1.165, 1.54) is 77.0 Å². The molecular formula is C20H40. The Labute approximate surface area is 129 Å². The molecule has 2 aliphatic rings. The minimum atomic E-state index is 1.07. The predicted octanol–water partition coefficient (Wildman–Crippen LogP) is 7.23. The quantitative estimate of drug-likeness (QED) is 0.509. The maximum atomic E-state index is 2.33. The van der Waals surface area contributed by atoms with Gasteiger partial charge in [-0.25, -0.2) is 0 Å². The van der Waals surface area contributed by atoms with Crippen LogP contribution in [0, 0.1) is 23.7 Å². The van der Waals surface area contributed by atoms with Crippen LogP contribution in [0.1, 0.15) is 105 Å². The fraction of sp³-hybridized carbons (Fsp3) is 1.00. The fourth-order valence-electron chi connectivity index (χ4n) is 4.10. The monoisotopic (exact) mass is 280 g/mol. The highest BCUT2D eigenvalue weighted by Gasteiger charge is 2.18. The van der Waals surface area contributed by atoms with E-state index in [1.807, 2.05) is 0 Å². The molecule has 0 heterocycles. The van der Waals surface area contributed by atoms with E-state index in [9.17, 15) is 0 Å². The Kier molecular flexibility index (Phi) is 9.65. The summed E-state index contributed by atoms with van der Waals surface area (Å²) in [5.41, 5.74) is 0. The third-order valence-corrected chi connectivity index (χ3v) is 6.24. The van der Waals surface area contributed by atoms with E-state index in [1.54, 1.807) is 0 Å². The lowest BCUT2D eigenvalue weighted by Gasteiger charge is -2.26. The van der Waals surface area contributed by atoms with Gasteiger partial charge in [0.15, 0.2) is 0 Å². The summed E-state index contributed by atoms with van der Waals surface area (Å²) in [6.45, 7) is 9.32. The van der Waals surface area contributed by atoms with Crippen LogP contribution in [0.5, 0.6) is 0 Å². The SMILES string of the molecule is CCC1CCC(CC)CC1.CCC1CCC(CC)CC1. The first-order valence-corrected chi connectivity index (χ1v) is 9.73. The van der Waals surface area contributed by atoms with E-state index in [0.717, 1.165) is 23.7 Å². The van der Waals surface area contributed by atoms with Crippen molar-refractivity contribution in [2.75, 3.05) is 0 Å². The minimum absolute atomic E-state index is 1.07. The van der Waals surface area contributed by atoms with Gasteiger partial charge in [0.2, 0.25) is 0 Å². The van der Waals surface area contributed by atoms with Crippen molar-refractivity contribution in [3.63, 3.8) is 0 Å². The Bertz CT molecular complexity index is 156. The summed E-state index contributed by atoms with van der Waals surface area (Å²) in [4.78, 5) is 0. The molecule has 0 unspecified atom stereocenters. The van der Waals surface area contributed by atoms with E-state index >= 15 is 0 Å². The smallest absolute Gasteiger partial charge is 0.0417 e. The Hall–Kier alpha value is 0. The first-order valence-electron chi connectivity index (χ1n) is 9.73. The zero-order valence-corrected chi connectivity index (χ0v) is 14.8. The van der Waals surface area contributed by atoms with Crippen LogP contribution in [0.25, 0.3) is 0 Å². The summed E-state index contributed by atoms with van der Waals surface area (Å²) in [5, 5.41) is 0. The molecule has 0 aromatic carbocycles. The van der Waals surface area contributed by atoms with E-state index in [-0.39, 0.29) is 0 Å². The molecule has 0 heteroatoms. The zero-order valence-electron chi connectivity index (χ0n) is 14.8. The summed E-state index contributed by atoms with van der Waals surface area (Å²) in [5.74, 6) is 4.29. The Morgan fingerprint density at radius 3 is 0.650 bits per heavy atom. The maximum Gasteiger partial charge on any atom is -0.0417 e. The highest BCUT2D eigenvalue weighted by Crippen LogP contribution is 2.32. The standard InChI is InChI=1S/2C10H20/c2*1-3-9-5-7-10(4-2)8-6-9/h2*9-10H,3-8H2,1-2H3. The van der Waals surface area contributed by atoms with Crippen LogP contribution in [-0.4, -0.2) is 0 Å². The van der Waals surface area contributed by atoms with E-state index in [2.05, 4.69) is 27.7 Å². The van der Waals surface area contributed by atoms with Gasteiger partial charge in [0.05, 0.1) is 0 Å². The van der Waals surface area contributed by atoms with Crippen molar-refractivity contribution in [3.8, 4) is 0 Å². The third kappa shape index (κ3) is 6.64. The average Bonchev–Trinajstić information content (AvgIpc) is 2.55. The molecule has 0 saturated heterocycles. The van der Waals surface area contributed by atoms with Crippen LogP contribution in [-0.2, 0) is 0 Å². The van der Waals surface area contributed by atoms with E-state index < -0.39 is 0 Å². The van der Waals surface area contributed by atoms with Crippen molar-refractivity contribution in [1.82, 2.24) is 0 Å². The van der Waals surface area contributed by atoms with Gasteiger partial charge >= 0.3 is 0 Å². The molecular weight excluding hydrogens is 240 g/mol. The molecule has 20 heavy (non-hydrogen) atoms. The molecule has 0 nitrogen and oxygen atoms in total. The van der Waals surface area contributed by atoms with Crippen LogP contribution in [0.4, 0.5) is 0 Å². The van der Waals surface area contributed by atoms with Gasteiger partial charge in [0.25, 0.3) is 0 Å². The molecule has 0 atom stereocenters. The van der Waals surface area contributed by atoms with Gasteiger partial charge in [-0.05, 0) is 23.7 Å². The van der Waals surface area contributed by atoms with Gasteiger partial charge in [-0.2, -0.15) is 0 Å². The van der Waals surface area contributed by atoms with Crippen molar-refractivity contribution in [2.45, 2.75) is 105 Å². The van der Waals surface area contributed by atoms with Gasteiger partial charge in [0.1, 0.15) is 0 Å². The topological polar surface area (TPSA) is 0 Å². The summed E-state index contributed by atoms with van der Waals surface area (Å²) >= 11 is 0. The normalized spacial score (nSPS) is 34.2. The van der Waals surface area contributed by atoms with Crippen molar-refractivity contribution in [2.24, 2.45) is 23.7 Å². The van der Waals surface area contributed by atoms with Crippen molar-refractivity contribution in [3.05, 3.63) is 0 Å². The molecule has 0 aromatic rings. The molecule has 2 saturated carbocycles. The van der Waals surface area contributed by atoms with E-state index in [4.69, 9.17) is 0 Å². The highest BCUT2D eigenvalue weighted by molar-refractivity contribution is 4.71. The number of hydrogen-bond donors (Lipinski definition) is 0. The maximum absolute atomic E-state index is 2.33. The molecule has 2 rings (SSSR count). The molecule has 0 spiro atoms. The minimum Gasteiger partial charge on any atom is -0.0651 e. The Morgan fingerprint density at radius 1 is 0.400 bits per heavy atom. The van der Waals surface area contributed by atoms with Crippen LogP contribution < -0.4 is 0 Å². The fourth-order valence-corrected chi connectivity index (χ4v) is 4.10. The zero-order chi connectivity index (χ0) is 14.8.